The first-order valence-electron chi connectivity index (χ1n) is 15.5. The fourth-order valence-electron chi connectivity index (χ4n) is 6.78. The molecule has 48 heavy (non-hydrogen) atoms. The van der Waals surface area contributed by atoms with E-state index in [1.807, 2.05) is 0 Å². The molecule has 0 bridgehead atoms. The molecule has 0 aliphatic heterocycles. The van der Waals surface area contributed by atoms with Gasteiger partial charge in [0.25, 0.3) is 0 Å². The van der Waals surface area contributed by atoms with Gasteiger partial charge >= 0.3 is 47.6 Å². The van der Waals surface area contributed by atoms with E-state index in [9.17, 15) is 74.6 Å². The van der Waals surface area contributed by atoms with E-state index in [4.69, 9.17) is 0 Å². The van der Waals surface area contributed by atoms with Gasteiger partial charge in [0.05, 0.1) is 0 Å². The van der Waals surface area contributed by atoms with Gasteiger partial charge in [0.2, 0.25) is 0 Å². The molecule has 0 amide bonds. The van der Waals surface area contributed by atoms with Crippen molar-refractivity contribution in [2.75, 3.05) is 0 Å². The lowest BCUT2D eigenvalue weighted by Gasteiger charge is -2.42. The van der Waals surface area contributed by atoms with Crippen molar-refractivity contribution in [3.05, 3.63) is 35.4 Å². The minimum atomic E-state index is -8.63. The first-order valence-corrected chi connectivity index (χ1v) is 15.5. The third kappa shape index (κ3) is 6.86. The van der Waals surface area contributed by atoms with Gasteiger partial charge in [-0.1, -0.05) is 82.6 Å². The van der Waals surface area contributed by atoms with Crippen LogP contribution >= 0.6 is 0 Å². The zero-order chi connectivity index (χ0) is 36.8. The summed E-state index contributed by atoms with van der Waals surface area (Å²) >= 11 is 0. The first kappa shape index (κ1) is 40.5. The van der Waals surface area contributed by atoms with Gasteiger partial charge in [0.1, 0.15) is 0 Å². The maximum absolute atomic E-state index is 14.7. The lowest BCUT2D eigenvalue weighted by atomic mass is 9.74. The van der Waals surface area contributed by atoms with Crippen LogP contribution in [0.2, 0.25) is 0 Å². The molecule has 0 atom stereocenters. The van der Waals surface area contributed by atoms with Crippen LogP contribution in [0.25, 0.3) is 0 Å². The molecule has 0 radical (unpaired) electrons. The van der Waals surface area contributed by atoms with E-state index in [0.717, 1.165) is 50.2 Å². The number of rotatable bonds is 13. The first-order chi connectivity index (χ1) is 21.7. The molecule has 1 aromatic carbocycles. The molecule has 0 saturated heterocycles. The molecule has 0 aromatic heterocycles. The Bertz CT molecular complexity index is 1190. The summed E-state index contributed by atoms with van der Waals surface area (Å²) in [5.41, 5.74) is -1.90. The summed E-state index contributed by atoms with van der Waals surface area (Å²) in [6.07, 6.45) is 3.93. The van der Waals surface area contributed by atoms with Crippen molar-refractivity contribution >= 4 is 0 Å². The van der Waals surface area contributed by atoms with Crippen molar-refractivity contribution < 1.29 is 74.6 Å². The Labute approximate surface area is 265 Å². The maximum atomic E-state index is 14.7. The van der Waals surface area contributed by atoms with E-state index < -0.39 is 53.2 Å². The van der Waals surface area contributed by atoms with E-state index in [2.05, 4.69) is 6.92 Å². The smallest absolute Gasteiger partial charge is 0.194 e. The molecule has 278 valence electrons. The van der Waals surface area contributed by atoms with Crippen molar-refractivity contribution in [3.63, 3.8) is 0 Å². The molecule has 0 unspecified atom stereocenters. The molecule has 0 heterocycles. The van der Waals surface area contributed by atoms with Crippen LogP contribution in [0, 0.1) is 17.8 Å². The van der Waals surface area contributed by atoms with E-state index in [1.165, 1.54) is 32.1 Å². The average Bonchev–Trinajstić information content (AvgIpc) is 3.00. The second kappa shape index (κ2) is 13.6. The average molecular weight is 731 g/mol. The Balaban J connectivity index is 1.71. The summed E-state index contributed by atoms with van der Waals surface area (Å²) in [5.74, 6) is -54.9. The molecule has 0 N–H and O–H groups in total. The molecular weight excluding hydrogens is 695 g/mol. The number of hydrogen-bond acceptors (Lipinski definition) is 0. The standard InChI is InChI=1S/C31H35F17/c1-2-3-18-4-6-19(7-5-18)8-9-20-10-12-21(13-11-20)22-14-16-23(17-15-22)24(32,33)25(34,35)26(36,37)27(38,39)28(40,41)29(42,43)30(44,45)31(46,47)48/h14-21H,2-13H2,1H3/t18-,19-,20-,21-. The van der Waals surface area contributed by atoms with Crippen LogP contribution in [0.1, 0.15) is 101 Å². The third-order valence-electron chi connectivity index (χ3n) is 9.96. The molecule has 0 nitrogen and oxygen atoms in total. The summed E-state index contributed by atoms with van der Waals surface area (Å²) in [6, 6.07) is 1.76. The fraction of sp³-hybridized carbons (Fsp3) is 0.806. The highest BCUT2D eigenvalue weighted by Crippen LogP contribution is 2.65. The summed E-state index contributed by atoms with van der Waals surface area (Å²) in [7, 11) is 0. The van der Waals surface area contributed by atoms with Gasteiger partial charge in [-0.05, 0) is 54.9 Å². The molecule has 3 rings (SSSR count). The van der Waals surface area contributed by atoms with Crippen LogP contribution in [0.5, 0.6) is 0 Å². The van der Waals surface area contributed by atoms with E-state index >= 15 is 0 Å². The molecular formula is C31H35F17. The Hall–Kier alpha value is -1.97. The fourth-order valence-corrected chi connectivity index (χ4v) is 6.78. The van der Waals surface area contributed by atoms with E-state index in [-0.39, 0.29) is 23.6 Å². The minimum Gasteiger partial charge on any atom is -0.194 e. The van der Waals surface area contributed by atoms with E-state index in [0.29, 0.717) is 24.7 Å². The lowest BCUT2D eigenvalue weighted by Crippen LogP contribution is -2.74. The quantitative estimate of drug-likeness (QED) is 0.177. The van der Waals surface area contributed by atoms with Gasteiger partial charge < -0.3 is 0 Å². The Morgan fingerprint density at radius 3 is 1.15 bits per heavy atom. The lowest BCUT2D eigenvalue weighted by molar-refractivity contribution is -0.462. The van der Waals surface area contributed by atoms with Crippen molar-refractivity contribution in [3.8, 4) is 0 Å². The van der Waals surface area contributed by atoms with Gasteiger partial charge in [0, 0.05) is 5.56 Å². The van der Waals surface area contributed by atoms with Crippen molar-refractivity contribution in [1.29, 1.82) is 0 Å². The monoisotopic (exact) mass is 730 g/mol. The Morgan fingerprint density at radius 1 is 0.438 bits per heavy atom. The summed E-state index contributed by atoms with van der Waals surface area (Å²) in [4.78, 5) is 0. The second-order valence-corrected chi connectivity index (χ2v) is 13.1. The minimum absolute atomic E-state index is 0.100. The largest absolute Gasteiger partial charge is 0.460 e. The van der Waals surface area contributed by atoms with Gasteiger partial charge in [0.15, 0.2) is 0 Å². The zero-order valence-electron chi connectivity index (χ0n) is 25.5. The van der Waals surface area contributed by atoms with Gasteiger partial charge in [-0.25, -0.2) is 0 Å². The summed E-state index contributed by atoms with van der Waals surface area (Å²) < 4.78 is 232. The van der Waals surface area contributed by atoms with E-state index in [1.54, 1.807) is 0 Å². The maximum Gasteiger partial charge on any atom is 0.460 e. The predicted octanol–water partition coefficient (Wildman–Crippen LogP) is 12.8. The van der Waals surface area contributed by atoms with Crippen molar-refractivity contribution in [1.82, 2.24) is 0 Å². The third-order valence-corrected chi connectivity index (χ3v) is 9.96. The Morgan fingerprint density at radius 2 is 0.771 bits per heavy atom. The molecule has 1 aromatic rings. The number of halogens is 17. The topological polar surface area (TPSA) is 0 Å². The van der Waals surface area contributed by atoms with Crippen molar-refractivity contribution in [2.45, 2.75) is 138 Å². The second-order valence-electron chi connectivity index (χ2n) is 13.1. The normalized spacial score (nSPS) is 24.5. The van der Waals surface area contributed by atoms with Gasteiger partial charge in [-0.3, -0.25) is 0 Å². The molecule has 2 aliphatic rings. The van der Waals surface area contributed by atoms with Crippen LogP contribution in [0.4, 0.5) is 74.6 Å². The highest BCUT2D eigenvalue weighted by molar-refractivity contribution is 5.31. The molecule has 17 heteroatoms. The SMILES string of the molecule is CCC[C@H]1CC[C@H](CC[C@H]2CC[C@H](c3ccc(C(F)(F)C(F)(F)C(F)(F)C(F)(F)C(F)(F)C(F)(F)C(F)(F)C(F)(F)F)cc3)CC2)CC1. The number of alkyl halides is 17. The van der Waals surface area contributed by atoms with Crippen LogP contribution in [0.3, 0.4) is 0 Å². The molecule has 2 fully saturated rings. The predicted molar refractivity (Wildman–Crippen MR) is 140 cm³/mol. The van der Waals surface area contributed by atoms with Gasteiger partial charge in [-0.15, -0.1) is 0 Å². The van der Waals surface area contributed by atoms with Crippen LogP contribution in [-0.4, -0.2) is 41.7 Å². The van der Waals surface area contributed by atoms with Crippen LogP contribution in [0.15, 0.2) is 24.3 Å². The summed E-state index contributed by atoms with van der Waals surface area (Å²) in [6.45, 7) is 2.16. The molecule has 0 spiro atoms. The van der Waals surface area contributed by atoms with Crippen molar-refractivity contribution in [2.24, 2.45) is 17.8 Å². The number of hydrogen-bond donors (Lipinski definition) is 0. The van der Waals surface area contributed by atoms with Crippen LogP contribution in [-0.2, 0) is 5.92 Å². The Kier molecular flexibility index (Phi) is 11.5. The number of benzene rings is 1. The van der Waals surface area contributed by atoms with Gasteiger partial charge in [-0.2, -0.15) is 74.6 Å². The highest BCUT2D eigenvalue weighted by atomic mass is 19.4. The molecule has 2 saturated carbocycles. The highest BCUT2D eigenvalue weighted by Gasteiger charge is 2.95. The molecule has 2 aliphatic carbocycles. The zero-order valence-corrected chi connectivity index (χ0v) is 25.5. The van der Waals surface area contributed by atoms with Crippen LogP contribution < -0.4 is 0 Å². The summed E-state index contributed by atoms with van der Waals surface area (Å²) in [5, 5.41) is 0.